The molecule has 0 aromatic heterocycles. The number of benzene rings is 1. The number of nitrogens with zero attached hydrogens (tertiary/aromatic N) is 2. The van der Waals surface area contributed by atoms with Crippen LogP contribution in [0.25, 0.3) is 0 Å². The molecule has 0 aliphatic carbocycles. The van der Waals surface area contributed by atoms with Crippen LogP contribution < -0.4 is 5.32 Å². The lowest BCUT2D eigenvalue weighted by atomic mass is 10.0. The molecule has 1 heterocycles. The van der Waals surface area contributed by atoms with Crippen LogP contribution >= 0.6 is 0 Å². The molecule has 1 aromatic carbocycles. The Bertz CT molecular complexity index is 578. The van der Waals surface area contributed by atoms with Crippen molar-refractivity contribution in [1.82, 2.24) is 15.1 Å². The number of rotatable bonds is 5. The normalized spacial score (nSPS) is 16.1. The number of hydrogen-bond acceptors (Lipinski definition) is 3. The molecule has 1 saturated heterocycles. The molecule has 1 fully saturated rings. The average molecular weight is 335 g/mol. The van der Waals surface area contributed by atoms with Crippen LogP contribution in [-0.2, 0) is 4.79 Å². The lowest BCUT2D eigenvalue weighted by molar-refractivity contribution is -0.124. The highest BCUT2D eigenvalue weighted by molar-refractivity contribution is 5.94. The number of halogens is 1. The average Bonchev–Trinajstić information content (AvgIpc) is 2.55. The van der Waals surface area contributed by atoms with Gasteiger partial charge in [-0.05, 0) is 44.5 Å². The first-order valence-corrected chi connectivity index (χ1v) is 8.39. The minimum absolute atomic E-state index is 0.0140. The van der Waals surface area contributed by atoms with Crippen LogP contribution in [0.4, 0.5) is 4.39 Å². The molecular formula is C18H26FN3O2. The van der Waals surface area contributed by atoms with Crippen LogP contribution in [0.5, 0.6) is 0 Å². The number of hydrogen-bond donors (Lipinski definition) is 1. The van der Waals surface area contributed by atoms with Gasteiger partial charge in [0.15, 0.2) is 0 Å². The van der Waals surface area contributed by atoms with Gasteiger partial charge in [0, 0.05) is 37.3 Å². The summed E-state index contributed by atoms with van der Waals surface area (Å²) in [6.07, 6.45) is 0.874. The molecule has 1 aliphatic rings. The van der Waals surface area contributed by atoms with Gasteiger partial charge >= 0.3 is 0 Å². The van der Waals surface area contributed by atoms with E-state index >= 15 is 0 Å². The Morgan fingerprint density at radius 1 is 1.12 bits per heavy atom. The lowest BCUT2D eigenvalue weighted by Gasteiger charge is -2.35. The first kappa shape index (κ1) is 18.4. The van der Waals surface area contributed by atoms with E-state index in [0.717, 1.165) is 6.42 Å². The minimum atomic E-state index is -0.350. The first-order valence-electron chi connectivity index (χ1n) is 8.39. The quantitative estimate of drug-likeness (QED) is 0.894. The zero-order valence-corrected chi connectivity index (χ0v) is 14.6. The zero-order valence-electron chi connectivity index (χ0n) is 14.6. The van der Waals surface area contributed by atoms with Gasteiger partial charge in [-0.3, -0.25) is 14.5 Å². The third kappa shape index (κ3) is 5.03. The Labute approximate surface area is 142 Å². The zero-order chi connectivity index (χ0) is 17.7. The predicted octanol–water partition coefficient (Wildman–Crippen LogP) is 1.89. The monoisotopic (exact) mass is 335 g/mol. The molecule has 5 nitrogen and oxygen atoms in total. The molecule has 1 aliphatic heterocycles. The van der Waals surface area contributed by atoms with E-state index in [1.165, 1.54) is 24.3 Å². The number of carbonyl (C=O) groups is 2. The topological polar surface area (TPSA) is 52.7 Å². The summed E-state index contributed by atoms with van der Waals surface area (Å²) in [5.41, 5.74) is 0.296. The maximum Gasteiger partial charge on any atom is 0.253 e. The fraction of sp³-hybridized carbons (Fsp3) is 0.556. The maximum absolute atomic E-state index is 12.9. The fourth-order valence-electron chi connectivity index (χ4n) is 2.59. The van der Waals surface area contributed by atoms with E-state index in [-0.39, 0.29) is 23.2 Å². The van der Waals surface area contributed by atoms with Crippen LogP contribution in [0.15, 0.2) is 24.3 Å². The van der Waals surface area contributed by atoms with Crippen LogP contribution in [0, 0.1) is 5.82 Å². The molecule has 2 rings (SSSR count). The molecule has 0 atom stereocenters. The van der Waals surface area contributed by atoms with Crippen LogP contribution in [0.2, 0.25) is 0 Å². The first-order chi connectivity index (χ1) is 11.3. The van der Waals surface area contributed by atoms with Crippen molar-refractivity contribution in [2.24, 2.45) is 0 Å². The Morgan fingerprint density at radius 3 is 2.25 bits per heavy atom. The maximum atomic E-state index is 12.9. The third-order valence-corrected chi connectivity index (χ3v) is 4.48. The SMILES string of the molecule is CCC(C)(C)NC(=O)CN1CCN(C(=O)c2ccc(F)cc2)CC1. The summed E-state index contributed by atoms with van der Waals surface area (Å²) in [5, 5.41) is 3.02. The molecule has 0 radical (unpaired) electrons. The Kier molecular flexibility index (Phi) is 5.94. The molecule has 1 N–H and O–H groups in total. The molecule has 24 heavy (non-hydrogen) atoms. The second-order valence-corrected chi connectivity index (χ2v) is 6.86. The summed E-state index contributed by atoms with van der Waals surface area (Å²) in [7, 11) is 0. The Balaban J connectivity index is 1.82. The van der Waals surface area contributed by atoms with Gasteiger partial charge < -0.3 is 10.2 Å². The van der Waals surface area contributed by atoms with Crippen molar-refractivity contribution in [3.63, 3.8) is 0 Å². The third-order valence-electron chi connectivity index (χ3n) is 4.48. The van der Waals surface area contributed by atoms with Gasteiger partial charge in [0.2, 0.25) is 5.91 Å². The summed E-state index contributed by atoms with van der Waals surface area (Å²) in [5.74, 6) is -0.427. The summed E-state index contributed by atoms with van der Waals surface area (Å²) in [4.78, 5) is 28.3. The van der Waals surface area contributed by atoms with Gasteiger partial charge in [0.1, 0.15) is 5.82 Å². The van der Waals surface area contributed by atoms with Gasteiger partial charge in [-0.2, -0.15) is 0 Å². The number of carbonyl (C=O) groups excluding carboxylic acids is 2. The minimum Gasteiger partial charge on any atom is -0.350 e. The largest absolute Gasteiger partial charge is 0.350 e. The highest BCUT2D eigenvalue weighted by atomic mass is 19.1. The van der Waals surface area contributed by atoms with E-state index in [1.807, 2.05) is 20.8 Å². The highest BCUT2D eigenvalue weighted by Gasteiger charge is 2.25. The Hall–Kier alpha value is -1.95. The molecule has 0 saturated carbocycles. The van der Waals surface area contributed by atoms with E-state index in [0.29, 0.717) is 38.3 Å². The van der Waals surface area contributed by atoms with Crippen molar-refractivity contribution in [3.8, 4) is 0 Å². The molecular weight excluding hydrogens is 309 g/mol. The molecule has 0 spiro atoms. The smallest absolute Gasteiger partial charge is 0.253 e. The second kappa shape index (κ2) is 7.75. The molecule has 6 heteroatoms. The van der Waals surface area contributed by atoms with Crippen molar-refractivity contribution in [1.29, 1.82) is 0 Å². The summed E-state index contributed by atoms with van der Waals surface area (Å²) in [6, 6.07) is 5.60. The molecule has 0 unspecified atom stereocenters. The summed E-state index contributed by atoms with van der Waals surface area (Å²) >= 11 is 0. The molecule has 132 valence electrons. The predicted molar refractivity (Wildman–Crippen MR) is 91.3 cm³/mol. The number of amides is 2. The van der Waals surface area contributed by atoms with Crippen molar-refractivity contribution >= 4 is 11.8 Å². The van der Waals surface area contributed by atoms with Crippen LogP contribution in [0.3, 0.4) is 0 Å². The second-order valence-electron chi connectivity index (χ2n) is 6.86. The van der Waals surface area contributed by atoms with Gasteiger partial charge in [-0.1, -0.05) is 6.92 Å². The fourth-order valence-corrected chi connectivity index (χ4v) is 2.59. The Morgan fingerprint density at radius 2 is 1.71 bits per heavy atom. The van der Waals surface area contributed by atoms with Gasteiger partial charge in [0.25, 0.3) is 5.91 Å². The van der Waals surface area contributed by atoms with Gasteiger partial charge in [0.05, 0.1) is 6.54 Å². The standard InChI is InChI=1S/C18H26FN3O2/c1-4-18(2,3)20-16(23)13-21-9-11-22(12-10-21)17(24)14-5-7-15(19)8-6-14/h5-8H,4,9-13H2,1-3H3,(H,20,23). The number of nitrogens with one attached hydrogen (secondary N) is 1. The number of piperazine rings is 1. The van der Waals surface area contributed by atoms with E-state index in [1.54, 1.807) is 4.90 Å². The van der Waals surface area contributed by atoms with Gasteiger partial charge in [-0.15, -0.1) is 0 Å². The highest BCUT2D eigenvalue weighted by Crippen LogP contribution is 2.11. The van der Waals surface area contributed by atoms with Crippen molar-refractivity contribution < 1.29 is 14.0 Å². The summed E-state index contributed by atoms with van der Waals surface area (Å²) < 4.78 is 12.9. The molecule has 2 amide bonds. The van der Waals surface area contributed by atoms with Crippen molar-refractivity contribution in [2.75, 3.05) is 32.7 Å². The molecule has 0 bridgehead atoms. The summed E-state index contributed by atoms with van der Waals surface area (Å²) in [6.45, 7) is 8.86. The molecule has 1 aromatic rings. The van der Waals surface area contributed by atoms with Crippen LogP contribution in [0.1, 0.15) is 37.6 Å². The van der Waals surface area contributed by atoms with Crippen LogP contribution in [-0.4, -0.2) is 59.9 Å². The van der Waals surface area contributed by atoms with Crippen molar-refractivity contribution in [3.05, 3.63) is 35.6 Å². The van der Waals surface area contributed by atoms with E-state index < -0.39 is 0 Å². The van der Waals surface area contributed by atoms with Gasteiger partial charge in [-0.25, -0.2) is 4.39 Å². The lowest BCUT2D eigenvalue weighted by Crippen LogP contribution is -2.53. The van der Waals surface area contributed by atoms with E-state index in [4.69, 9.17) is 0 Å². The van der Waals surface area contributed by atoms with Crippen molar-refractivity contribution in [2.45, 2.75) is 32.7 Å². The van der Waals surface area contributed by atoms with E-state index in [9.17, 15) is 14.0 Å². The van der Waals surface area contributed by atoms with E-state index in [2.05, 4.69) is 10.2 Å².